The van der Waals surface area contributed by atoms with E-state index in [1.807, 2.05) is 18.2 Å². The molecule has 1 amide bonds. The van der Waals surface area contributed by atoms with Gasteiger partial charge in [0.25, 0.3) is 5.91 Å². The third-order valence-corrected chi connectivity index (χ3v) is 3.88. The monoisotopic (exact) mass is 217 g/mol. The second-order valence-electron chi connectivity index (χ2n) is 5.06. The maximum atomic E-state index is 11.9. The van der Waals surface area contributed by atoms with Crippen molar-refractivity contribution in [1.82, 2.24) is 4.90 Å². The van der Waals surface area contributed by atoms with Gasteiger partial charge in [-0.05, 0) is 25.3 Å². The molecular weight excluding hydrogens is 202 g/mol. The number of rotatable bonds is 1. The molecule has 2 saturated heterocycles. The van der Waals surface area contributed by atoms with Crippen LogP contribution in [0.25, 0.3) is 0 Å². The van der Waals surface area contributed by atoms with E-state index in [9.17, 15) is 9.90 Å². The van der Waals surface area contributed by atoms with E-state index in [0.717, 1.165) is 13.0 Å². The number of carbonyl (C=O) groups is 1. The van der Waals surface area contributed by atoms with Crippen molar-refractivity contribution in [1.29, 1.82) is 0 Å². The van der Waals surface area contributed by atoms with Crippen LogP contribution in [0.1, 0.15) is 25.3 Å². The molecule has 0 saturated carbocycles. The van der Waals surface area contributed by atoms with Gasteiger partial charge >= 0.3 is 0 Å². The Morgan fingerprint density at radius 3 is 2.62 bits per heavy atom. The van der Waals surface area contributed by atoms with E-state index >= 15 is 0 Å². The average Bonchev–Trinajstić information content (AvgIpc) is 3.02. The Morgan fingerprint density at radius 1 is 1.25 bits per heavy atom. The summed E-state index contributed by atoms with van der Waals surface area (Å²) in [7, 11) is 0. The van der Waals surface area contributed by atoms with E-state index in [1.165, 1.54) is 5.56 Å². The fourth-order valence-corrected chi connectivity index (χ4v) is 2.69. The maximum absolute atomic E-state index is 11.9. The van der Waals surface area contributed by atoms with Crippen molar-refractivity contribution in [3.05, 3.63) is 35.9 Å². The quantitative estimate of drug-likeness (QED) is 0.720. The van der Waals surface area contributed by atoms with Crippen LogP contribution in [0.3, 0.4) is 0 Å². The van der Waals surface area contributed by atoms with Crippen LogP contribution in [-0.2, 0) is 10.3 Å². The van der Waals surface area contributed by atoms with Crippen LogP contribution in [-0.4, -0.2) is 28.1 Å². The number of carbonyl (C=O) groups excluding carboxylic acids is 1. The van der Waals surface area contributed by atoms with E-state index in [4.69, 9.17) is 0 Å². The van der Waals surface area contributed by atoms with Gasteiger partial charge in [-0.1, -0.05) is 30.3 Å². The molecule has 1 aromatic carbocycles. The largest absolute Gasteiger partial charge is 0.380 e. The van der Waals surface area contributed by atoms with Crippen molar-refractivity contribution in [3.63, 3.8) is 0 Å². The normalized spacial score (nSPS) is 37.1. The second kappa shape index (κ2) is 2.86. The first-order valence-electron chi connectivity index (χ1n) is 5.66. The fourth-order valence-electron chi connectivity index (χ4n) is 2.69. The summed E-state index contributed by atoms with van der Waals surface area (Å²) in [5, 5.41) is 9.91. The molecule has 16 heavy (non-hydrogen) atoms. The van der Waals surface area contributed by atoms with Gasteiger partial charge in [0.2, 0.25) is 0 Å². The molecule has 2 aliphatic rings. The highest BCUT2D eigenvalue weighted by molar-refractivity contribution is 5.89. The minimum Gasteiger partial charge on any atom is -0.380 e. The zero-order valence-corrected chi connectivity index (χ0v) is 9.31. The second-order valence-corrected chi connectivity index (χ2v) is 5.06. The molecule has 0 radical (unpaired) electrons. The number of fused-ring (bicyclic) bond motifs is 1. The molecule has 1 aromatic rings. The van der Waals surface area contributed by atoms with Crippen molar-refractivity contribution in [3.8, 4) is 0 Å². The summed E-state index contributed by atoms with van der Waals surface area (Å²) < 4.78 is 0. The van der Waals surface area contributed by atoms with Crippen molar-refractivity contribution < 1.29 is 9.90 Å². The number of amides is 1. The lowest BCUT2D eigenvalue weighted by molar-refractivity contribution is -0.149. The van der Waals surface area contributed by atoms with E-state index < -0.39 is 5.60 Å². The zero-order chi connectivity index (χ0) is 11.4. The van der Waals surface area contributed by atoms with Crippen LogP contribution in [0, 0.1) is 0 Å². The van der Waals surface area contributed by atoms with Gasteiger partial charge in [-0.2, -0.15) is 0 Å². The summed E-state index contributed by atoms with van der Waals surface area (Å²) in [5.41, 5.74) is -0.0751. The van der Waals surface area contributed by atoms with Gasteiger partial charge in [0.1, 0.15) is 5.60 Å². The molecule has 3 nitrogen and oxygen atoms in total. The third kappa shape index (κ3) is 1.15. The van der Waals surface area contributed by atoms with Gasteiger partial charge in [0.05, 0.1) is 5.54 Å². The standard InChI is InChI=1S/C13H15NO2/c1-12(16)7-8-13(9-14(13)11(12)15)10-5-3-2-4-6-10/h2-6,16H,7-9H2,1H3/t12-,13-,14?/m1/s1. The minimum atomic E-state index is -1.16. The zero-order valence-electron chi connectivity index (χ0n) is 9.31. The lowest BCUT2D eigenvalue weighted by Crippen LogP contribution is -2.46. The first-order chi connectivity index (χ1) is 7.56. The van der Waals surface area contributed by atoms with Crippen LogP contribution >= 0.6 is 0 Å². The first kappa shape index (κ1) is 9.85. The molecule has 0 bridgehead atoms. The molecule has 0 aromatic heterocycles. The van der Waals surface area contributed by atoms with Crippen molar-refractivity contribution in [2.45, 2.75) is 30.9 Å². The van der Waals surface area contributed by atoms with Crippen molar-refractivity contribution in [2.24, 2.45) is 0 Å². The maximum Gasteiger partial charge on any atom is 0.255 e. The minimum absolute atomic E-state index is 0.111. The topological polar surface area (TPSA) is 40.3 Å². The number of piperidine rings is 1. The predicted molar refractivity (Wildman–Crippen MR) is 59.7 cm³/mol. The molecule has 0 spiro atoms. The smallest absolute Gasteiger partial charge is 0.255 e. The Hall–Kier alpha value is -1.35. The Morgan fingerprint density at radius 2 is 1.94 bits per heavy atom. The molecule has 0 unspecified atom stereocenters. The molecule has 2 heterocycles. The lowest BCUT2D eigenvalue weighted by atomic mass is 9.85. The highest BCUT2D eigenvalue weighted by Crippen LogP contribution is 2.52. The highest BCUT2D eigenvalue weighted by Gasteiger charge is 2.62. The van der Waals surface area contributed by atoms with Gasteiger partial charge in [0, 0.05) is 6.54 Å². The van der Waals surface area contributed by atoms with Gasteiger partial charge in [-0.25, -0.2) is 0 Å². The third-order valence-electron chi connectivity index (χ3n) is 3.88. The van der Waals surface area contributed by atoms with Gasteiger partial charge in [0.15, 0.2) is 0 Å². The summed E-state index contributed by atoms with van der Waals surface area (Å²) >= 11 is 0. The van der Waals surface area contributed by atoms with E-state index in [0.29, 0.717) is 6.42 Å². The number of aliphatic hydroxyl groups is 1. The van der Waals surface area contributed by atoms with Crippen LogP contribution < -0.4 is 0 Å². The van der Waals surface area contributed by atoms with Crippen molar-refractivity contribution in [2.75, 3.05) is 6.54 Å². The van der Waals surface area contributed by atoms with Gasteiger partial charge in [-0.15, -0.1) is 0 Å². The summed E-state index contributed by atoms with van der Waals surface area (Å²) in [6, 6.07) is 10.1. The molecule has 0 aliphatic carbocycles. The van der Waals surface area contributed by atoms with E-state index in [-0.39, 0.29) is 11.4 Å². The summed E-state index contributed by atoms with van der Waals surface area (Å²) in [5.74, 6) is -0.123. The molecule has 3 heteroatoms. The Bertz CT molecular complexity index is 441. The number of hydrogen-bond donors (Lipinski definition) is 1. The Balaban J connectivity index is 1.94. The molecule has 2 atom stereocenters. The lowest BCUT2D eigenvalue weighted by Gasteiger charge is -2.32. The average molecular weight is 217 g/mol. The Kier molecular flexibility index (Phi) is 1.76. The highest BCUT2D eigenvalue weighted by atomic mass is 16.3. The number of benzene rings is 1. The van der Waals surface area contributed by atoms with Crippen molar-refractivity contribution >= 4 is 5.91 Å². The summed E-state index contributed by atoms with van der Waals surface area (Å²) in [4.78, 5) is 13.7. The SMILES string of the molecule is C[C@@]1(O)CC[C@]2(c3ccccc3)CN2C1=O. The van der Waals surface area contributed by atoms with Gasteiger partial charge in [-0.3, -0.25) is 4.79 Å². The van der Waals surface area contributed by atoms with Crippen LogP contribution in [0.15, 0.2) is 30.3 Å². The van der Waals surface area contributed by atoms with Gasteiger partial charge < -0.3 is 10.0 Å². The number of hydrogen-bond acceptors (Lipinski definition) is 2. The first-order valence-corrected chi connectivity index (χ1v) is 5.66. The molecule has 84 valence electrons. The van der Waals surface area contributed by atoms with Crippen LogP contribution in [0.2, 0.25) is 0 Å². The van der Waals surface area contributed by atoms with Crippen LogP contribution in [0.5, 0.6) is 0 Å². The molecule has 3 rings (SSSR count). The van der Waals surface area contributed by atoms with E-state index in [1.54, 1.807) is 11.8 Å². The summed E-state index contributed by atoms with van der Waals surface area (Å²) in [6.07, 6.45) is 1.41. The fraction of sp³-hybridized carbons (Fsp3) is 0.462. The van der Waals surface area contributed by atoms with E-state index in [2.05, 4.69) is 12.1 Å². The Labute approximate surface area is 94.7 Å². The van der Waals surface area contributed by atoms with Crippen LogP contribution in [0.4, 0.5) is 0 Å². The molecule has 1 N–H and O–H groups in total. The summed E-state index contributed by atoms with van der Waals surface area (Å²) in [6.45, 7) is 2.37. The molecule has 2 aliphatic heterocycles. The predicted octanol–water partition coefficient (Wildman–Crippen LogP) is 1.27. The molecular formula is C13H15NO2. The molecule has 2 fully saturated rings. The number of nitrogens with zero attached hydrogens (tertiary/aromatic N) is 1.